The lowest BCUT2D eigenvalue weighted by atomic mass is 10.2. The van der Waals surface area contributed by atoms with Gasteiger partial charge in [-0.15, -0.1) is 0 Å². The van der Waals surface area contributed by atoms with Crippen molar-refractivity contribution in [1.82, 2.24) is 4.90 Å². The first kappa shape index (κ1) is 12.5. The maximum absolute atomic E-state index is 11.6. The highest BCUT2D eigenvalue weighted by Crippen LogP contribution is 2.04. The Balaban J connectivity index is 2.63. The molecule has 1 aromatic carbocycles. The Kier molecular flexibility index (Phi) is 5.29. The highest BCUT2D eigenvalue weighted by molar-refractivity contribution is 5.86. The van der Waals surface area contributed by atoms with E-state index in [2.05, 4.69) is 6.58 Å². The molecule has 0 aliphatic carbocycles. The summed E-state index contributed by atoms with van der Waals surface area (Å²) in [4.78, 5) is 13.3. The monoisotopic (exact) mass is 219 g/mol. The number of hydrogen-bond acceptors (Lipinski definition) is 2. The summed E-state index contributed by atoms with van der Waals surface area (Å²) in [5.74, 6) is -0.0686. The maximum atomic E-state index is 11.6. The molecule has 86 valence electrons. The largest absolute Gasteiger partial charge is 0.383 e. The normalized spacial score (nSPS) is 9.81. The molecule has 0 bridgehead atoms. The number of nitrogens with zero attached hydrogens (tertiary/aromatic N) is 1. The molecule has 0 heterocycles. The second-order valence-corrected chi connectivity index (χ2v) is 3.44. The molecule has 16 heavy (non-hydrogen) atoms. The average Bonchev–Trinajstić information content (AvgIpc) is 2.34. The Morgan fingerprint density at radius 2 is 2.12 bits per heavy atom. The second-order valence-electron chi connectivity index (χ2n) is 3.44. The van der Waals surface area contributed by atoms with Gasteiger partial charge in [-0.3, -0.25) is 4.79 Å². The molecule has 0 unspecified atom stereocenters. The van der Waals surface area contributed by atoms with Crippen molar-refractivity contribution in [3.8, 4) is 0 Å². The van der Waals surface area contributed by atoms with Crippen LogP contribution in [0.2, 0.25) is 0 Å². The van der Waals surface area contributed by atoms with Crippen LogP contribution in [0.25, 0.3) is 0 Å². The maximum Gasteiger partial charge on any atom is 0.246 e. The molecule has 0 N–H and O–H groups in total. The molecule has 0 spiro atoms. The van der Waals surface area contributed by atoms with Crippen molar-refractivity contribution >= 4 is 5.91 Å². The third-order valence-electron chi connectivity index (χ3n) is 2.27. The molecular weight excluding hydrogens is 202 g/mol. The highest BCUT2D eigenvalue weighted by Gasteiger charge is 2.09. The molecule has 0 aliphatic heterocycles. The van der Waals surface area contributed by atoms with Crippen molar-refractivity contribution in [2.24, 2.45) is 0 Å². The van der Waals surface area contributed by atoms with Crippen LogP contribution in [0.5, 0.6) is 0 Å². The predicted molar refractivity (Wildman–Crippen MR) is 63.9 cm³/mol. The number of methoxy groups -OCH3 is 1. The van der Waals surface area contributed by atoms with Gasteiger partial charge in [-0.25, -0.2) is 0 Å². The number of hydrogen-bond donors (Lipinski definition) is 0. The lowest BCUT2D eigenvalue weighted by Gasteiger charge is -2.20. The number of amides is 1. The van der Waals surface area contributed by atoms with Crippen molar-refractivity contribution in [3.05, 3.63) is 48.6 Å². The van der Waals surface area contributed by atoms with Gasteiger partial charge in [0.2, 0.25) is 5.91 Å². The zero-order chi connectivity index (χ0) is 11.8. The summed E-state index contributed by atoms with van der Waals surface area (Å²) in [7, 11) is 1.62. The van der Waals surface area contributed by atoms with Crippen molar-refractivity contribution < 1.29 is 9.53 Å². The van der Waals surface area contributed by atoms with E-state index in [0.29, 0.717) is 19.7 Å². The van der Waals surface area contributed by atoms with Gasteiger partial charge in [-0.2, -0.15) is 0 Å². The van der Waals surface area contributed by atoms with Crippen LogP contribution in [-0.4, -0.2) is 31.1 Å². The van der Waals surface area contributed by atoms with Crippen LogP contribution in [0.3, 0.4) is 0 Å². The van der Waals surface area contributed by atoms with Gasteiger partial charge in [-0.1, -0.05) is 36.9 Å². The fourth-order valence-electron chi connectivity index (χ4n) is 1.40. The van der Waals surface area contributed by atoms with Crippen molar-refractivity contribution in [3.63, 3.8) is 0 Å². The standard InChI is InChI=1S/C13H17NO2/c1-3-13(15)14(9-10-16-2)11-12-7-5-4-6-8-12/h3-8H,1,9-11H2,2H3. The molecule has 0 saturated heterocycles. The van der Waals surface area contributed by atoms with Gasteiger partial charge in [0.25, 0.3) is 0 Å². The fraction of sp³-hybridized carbons (Fsp3) is 0.308. The van der Waals surface area contributed by atoms with Gasteiger partial charge in [-0.05, 0) is 11.6 Å². The van der Waals surface area contributed by atoms with E-state index in [1.807, 2.05) is 30.3 Å². The van der Waals surface area contributed by atoms with Crippen molar-refractivity contribution in [1.29, 1.82) is 0 Å². The van der Waals surface area contributed by atoms with Crippen LogP contribution in [0.1, 0.15) is 5.56 Å². The molecule has 3 nitrogen and oxygen atoms in total. The van der Waals surface area contributed by atoms with E-state index in [4.69, 9.17) is 4.74 Å². The molecule has 0 atom stereocenters. The summed E-state index contributed by atoms with van der Waals surface area (Å²) in [5, 5.41) is 0. The van der Waals surface area contributed by atoms with E-state index >= 15 is 0 Å². The third kappa shape index (κ3) is 3.87. The average molecular weight is 219 g/mol. The highest BCUT2D eigenvalue weighted by atomic mass is 16.5. The van der Waals surface area contributed by atoms with E-state index in [1.165, 1.54) is 6.08 Å². The summed E-state index contributed by atoms with van der Waals surface area (Å²) in [5.41, 5.74) is 1.11. The van der Waals surface area contributed by atoms with E-state index in [-0.39, 0.29) is 5.91 Å². The zero-order valence-electron chi connectivity index (χ0n) is 9.56. The molecule has 1 rings (SSSR count). The van der Waals surface area contributed by atoms with Crippen LogP contribution in [-0.2, 0) is 16.1 Å². The summed E-state index contributed by atoms with van der Waals surface area (Å²) < 4.78 is 4.98. The van der Waals surface area contributed by atoms with Gasteiger partial charge >= 0.3 is 0 Å². The Labute approximate surface area is 96.3 Å². The minimum absolute atomic E-state index is 0.0686. The van der Waals surface area contributed by atoms with Gasteiger partial charge in [0, 0.05) is 20.2 Å². The fourth-order valence-corrected chi connectivity index (χ4v) is 1.40. The Bertz CT molecular complexity index is 335. The summed E-state index contributed by atoms with van der Waals surface area (Å²) in [6.45, 7) is 5.21. The first-order chi connectivity index (χ1) is 7.77. The molecule has 0 fully saturated rings. The Morgan fingerprint density at radius 1 is 1.44 bits per heavy atom. The Morgan fingerprint density at radius 3 is 2.69 bits per heavy atom. The SMILES string of the molecule is C=CC(=O)N(CCOC)Cc1ccccc1. The number of benzene rings is 1. The third-order valence-corrected chi connectivity index (χ3v) is 2.27. The van der Waals surface area contributed by atoms with Gasteiger partial charge < -0.3 is 9.64 Å². The molecule has 0 aliphatic rings. The van der Waals surface area contributed by atoms with Crippen molar-refractivity contribution in [2.45, 2.75) is 6.54 Å². The van der Waals surface area contributed by atoms with Crippen LogP contribution < -0.4 is 0 Å². The first-order valence-corrected chi connectivity index (χ1v) is 5.22. The van der Waals surface area contributed by atoms with E-state index in [9.17, 15) is 4.79 Å². The minimum Gasteiger partial charge on any atom is -0.383 e. The quantitative estimate of drug-likeness (QED) is 0.683. The van der Waals surface area contributed by atoms with Crippen LogP contribution in [0.15, 0.2) is 43.0 Å². The summed E-state index contributed by atoms with van der Waals surface area (Å²) >= 11 is 0. The minimum atomic E-state index is -0.0686. The van der Waals surface area contributed by atoms with Crippen LogP contribution in [0.4, 0.5) is 0 Å². The summed E-state index contributed by atoms with van der Waals surface area (Å²) in [6.07, 6.45) is 1.33. The molecule has 1 amide bonds. The van der Waals surface area contributed by atoms with E-state index in [0.717, 1.165) is 5.56 Å². The number of carbonyl (C=O) groups excluding carboxylic acids is 1. The predicted octanol–water partition coefficient (Wildman–Crippen LogP) is 1.85. The van der Waals surface area contributed by atoms with Crippen LogP contribution in [0, 0.1) is 0 Å². The topological polar surface area (TPSA) is 29.5 Å². The van der Waals surface area contributed by atoms with Crippen molar-refractivity contribution in [2.75, 3.05) is 20.3 Å². The van der Waals surface area contributed by atoms with E-state index < -0.39 is 0 Å². The first-order valence-electron chi connectivity index (χ1n) is 5.22. The van der Waals surface area contributed by atoms with E-state index in [1.54, 1.807) is 12.0 Å². The number of carbonyl (C=O) groups is 1. The zero-order valence-corrected chi connectivity index (χ0v) is 9.56. The smallest absolute Gasteiger partial charge is 0.246 e. The summed E-state index contributed by atoms with van der Waals surface area (Å²) in [6, 6.07) is 9.87. The molecule has 0 saturated carbocycles. The lowest BCUT2D eigenvalue weighted by Crippen LogP contribution is -2.31. The molecular formula is C13H17NO2. The molecule has 0 radical (unpaired) electrons. The second kappa shape index (κ2) is 6.80. The molecule has 1 aromatic rings. The number of rotatable bonds is 6. The van der Waals surface area contributed by atoms with Gasteiger partial charge in [0.05, 0.1) is 6.61 Å². The van der Waals surface area contributed by atoms with Gasteiger partial charge in [0.15, 0.2) is 0 Å². The lowest BCUT2D eigenvalue weighted by molar-refractivity contribution is -0.127. The molecule has 3 heteroatoms. The van der Waals surface area contributed by atoms with Crippen LogP contribution >= 0.6 is 0 Å². The van der Waals surface area contributed by atoms with Gasteiger partial charge in [0.1, 0.15) is 0 Å². The number of ether oxygens (including phenoxy) is 1. The Hall–Kier alpha value is -1.61. The molecule has 0 aromatic heterocycles.